The van der Waals surface area contributed by atoms with E-state index in [0.29, 0.717) is 6.54 Å². The molecule has 27 heavy (non-hydrogen) atoms. The highest BCUT2D eigenvalue weighted by Crippen LogP contribution is 2.24. The summed E-state index contributed by atoms with van der Waals surface area (Å²) >= 11 is 0. The number of para-hydroxylation sites is 1. The van der Waals surface area contributed by atoms with E-state index in [0.717, 1.165) is 34.9 Å². The van der Waals surface area contributed by atoms with E-state index in [2.05, 4.69) is 11.4 Å². The maximum atomic E-state index is 9.10. The van der Waals surface area contributed by atoms with E-state index in [1.165, 1.54) is 0 Å². The summed E-state index contributed by atoms with van der Waals surface area (Å²) in [5, 5.41) is 18.2. The minimum atomic E-state index is -1.82. The van der Waals surface area contributed by atoms with Gasteiger partial charge >= 0.3 is 11.9 Å². The molecule has 0 unspecified atom stereocenters. The molecule has 8 heteroatoms. The molecule has 0 aliphatic heterocycles. The lowest BCUT2D eigenvalue weighted by molar-refractivity contribution is -0.159. The summed E-state index contributed by atoms with van der Waals surface area (Å²) in [5.41, 5.74) is 2.19. The molecule has 2 aromatic carbocycles. The van der Waals surface area contributed by atoms with E-state index in [-0.39, 0.29) is 0 Å². The summed E-state index contributed by atoms with van der Waals surface area (Å²) in [4.78, 5) is 18.2. The molecule has 0 saturated heterocycles. The number of methoxy groups -OCH3 is 3. The van der Waals surface area contributed by atoms with Crippen LogP contribution in [0.25, 0.3) is 0 Å². The van der Waals surface area contributed by atoms with Gasteiger partial charge in [0.05, 0.1) is 21.3 Å². The van der Waals surface area contributed by atoms with Crippen LogP contribution >= 0.6 is 0 Å². The predicted octanol–water partition coefficient (Wildman–Crippen LogP) is 2.16. The molecule has 0 atom stereocenters. The summed E-state index contributed by atoms with van der Waals surface area (Å²) < 4.78 is 16.0. The number of carboxylic acid groups (broad SMARTS) is 2. The zero-order valence-electron chi connectivity index (χ0n) is 15.4. The first-order chi connectivity index (χ1) is 12.9. The second-order valence-electron chi connectivity index (χ2n) is 5.20. The topological polar surface area (TPSA) is 114 Å². The SMILES string of the molecule is COc1ccc(OC)c(CNCc2ccccc2OC)c1.O=C(O)C(=O)O. The third-order valence-electron chi connectivity index (χ3n) is 3.49. The van der Waals surface area contributed by atoms with Gasteiger partial charge in [0.1, 0.15) is 17.2 Å². The second kappa shape index (κ2) is 11.4. The predicted molar refractivity (Wildman–Crippen MR) is 98.4 cm³/mol. The molecule has 0 spiro atoms. The molecule has 0 saturated carbocycles. The van der Waals surface area contributed by atoms with Crippen LogP contribution in [0.3, 0.4) is 0 Å². The Kier molecular flexibility index (Phi) is 9.18. The Labute approximate surface area is 157 Å². The molecule has 0 radical (unpaired) electrons. The quantitative estimate of drug-likeness (QED) is 0.629. The molecule has 0 bridgehead atoms. The van der Waals surface area contributed by atoms with Crippen LogP contribution in [0.1, 0.15) is 11.1 Å². The van der Waals surface area contributed by atoms with Crippen molar-refractivity contribution in [2.45, 2.75) is 13.1 Å². The van der Waals surface area contributed by atoms with E-state index >= 15 is 0 Å². The molecule has 0 fully saturated rings. The normalized spacial score (nSPS) is 9.59. The minimum absolute atomic E-state index is 0.693. The number of hydrogen-bond donors (Lipinski definition) is 3. The maximum absolute atomic E-state index is 9.10. The molecule has 0 amide bonds. The van der Waals surface area contributed by atoms with Gasteiger partial charge in [-0.3, -0.25) is 0 Å². The molecule has 8 nitrogen and oxygen atoms in total. The van der Waals surface area contributed by atoms with E-state index in [4.69, 9.17) is 34.0 Å². The van der Waals surface area contributed by atoms with Crippen molar-refractivity contribution >= 4 is 11.9 Å². The highest BCUT2D eigenvalue weighted by molar-refractivity contribution is 6.27. The van der Waals surface area contributed by atoms with Gasteiger partial charge in [-0.15, -0.1) is 0 Å². The average Bonchev–Trinajstić information content (AvgIpc) is 2.68. The fraction of sp³-hybridized carbons (Fsp3) is 0.263. The van der Waals surface area contributed by atoms with Gasteiger partial charge in [-0.1, -0.05) is 18.2 Å². The molecule has 0 aliphatic rings. The lowest BCUT2D eigenvalue weighted by atomic mass is 10.1. The van der Waals surface area contributed by atoms with Crippen molar-refractivity contribution < 1.29 is 34.0 Å². The van der Waals surface area contributed by atoms with Gasteiger partial charge in [0, 0.05) is 24.2 Å². The highest BCUT2D eigenvalue weighted by atomic mass is 16.5. The summed E-state index contributed by atoms with van der Waals surface area (Å²) in [6, 6.07) is 13.8. The Hall–Kier alpha value is -3.26. The van der Waals surface area contributed by atoms with Crippen molar-refractivity contribution in [2.24, 2.45) is 0 Å². The first-order valence-corrected chi connectivity index (χ1v) is 7.92. The van der Waals surface area contributed by atoms with Crippen molar-refractivity contribution in [3.63, 3.8) is 0 Å². The standard InChI is InChI=1S/C17H21NO3.C2H2O4/c1-19-15-8-9-17(21-3)14(10-15)12-18-11-13-6-4-5-7-16(13)20-2;3-1(4)2(5)6/h4-10,18H,11-12H2,1-3H3;(H,3,4)(H,5,6). The molecule has 3 N–H and O–H groups in total. The first-order valence-electron chi connectivity index (χ1n) is 7.92. The first kappa shape index (κ1) is 21.8. The largest absolute Gasteiger partial charge is 0.497 e. The number of aliphatic carboxylic acids is 2. The lowest BCUT2D eigenvalue weighted by Crippen LogP contribution is -2.14. The van der Waals surface area contributed by atoms with Crippen molar-refractivity contribution in [1.29, 1.82) is 0 Å². The molecule has 2 aromatic rings. The summed E-state index contributed by atoms with van der Waals surface area (Å²) in [7, 11) is 5.02. The zero-order chi connectivity index (χ0) is 20.2. The van der Waals surface area contributed by atoms with Crippen LogP contribution in [0.2, 0.25) is 0 Å². The number of hydrogen-bond acceptors (Lipinski definition) is 6. The van der Waals surface area contributed by atoms with E-state index < -0.39 is 11.9 Å². The smallest absolute Gasteiger partial charge is 0.414 e. The number of nitrogens with one attached hydrogen (secondary N) is 1. The van der Waals surface area contributed by atoms with E-state index in [9.17, 15) is 0 Å². The zero-order valence-corrected chi connectivity index (χ0v) is 15.4. The molecular formula is C19H23NO7. The van der Waals surface area contributed by atoms with Crippen LogP contribution in [0, 0.1) is 0 Å². The molecule has 2 rings (SSSR count). The van der Waals surface area contributed by atoms with E-state index in [1.807, 2.05) is 36.4 Å². The Morgan fingerprint density at radius 3 is 1.93 bits per heavy atom. The number of rotatable bonds is 7. The number of ether oxygens (including phenoxy) is 3. The fourth-order valence-corrected chi connectivity index (χ4v) is 2.20. The monoisotopic (exact) mass is 377 g/mol. The van der Waals surface area contributed by atoms with Crippen LogP contribution in [-0.4, -0.2) is 43.5 Å². The molecule has 146 valence electrons. The van der Waals surface area contributed by atoms with Crippen molar-refractivity contribution in [2.75, 3.05) is 21.3 Å². The average molecular weight is 377 g/mol. The van der Waals surface area contributed by atoms with Gasteiger partial charge in [0.2, 0.25) is 0 Å². The van der Waals surface area contributed by atoms with Crippen LogP contribution in [0.15, 0.2) is 42.5 Å². The summed E-state index contributed by atoms with van der Waals surface area (Å²) in [6.07, 6.45) is 0. The highest BCUT2D eigenvalue weighted by Gasteiger charge is 2.06. The third-order valence-corrected chi connectivity index (χ3v) is 3.49. The number of benzene rings is 2. The van der Waals surface area contributed by atoms with Crippen LogP contribution < -0.4 is 19.5 Å². The molecular weight excluding hydrogens is 354 g/mol. The Balaban J connectivity index is 0.000000527. The van der Waals surface area contributed by atoms with Gasteiger partial charge in [0.25, 0.3) is 0 Å². The van der Waals surface area contributed by atoms with Crippen LogP contribution in [0.4, 0.5) is 0 Å². The van der Waals surface area contributed by atoms with Gasteiger partial charge in [-0.2, -0.15) is 0 Å². The summed E-state index contributed by atoms with van der Waals surface area (Å²) in [5.74, 6) is -1.08. The lowest BCUT2D eigenvalue weighted by Gasteiger charge is -2.12. The van der Waals surface area contributed by atoms with Gasteiger partial charge < -0.3 is 29.7 Å². The van der Waals surface area contributed by atoms with Crippen LogP contribution in [-0.2, 0) is 22.7 Å². The number of carboxylic acids is 2. The summed E-state index contributed by atoms with van der Waals surface area (Å²) in [6.45, 7) is 1.42. The van der Waals surface area contributed by atoms with Crippen molar-refractivity contribution in [3.05, 3.63) is 53.6 Å². The van der Waals surface area contributed by atoms with E-state index in [1.54, 1.807) is 21.3 Å². The minimum Gasteiger partial charge on any atom is -0.497 e. The molecule has 0 aromatic heterocycles. The maximum Gasteiger partial charge on any atom is 0.414 e. The fourth-order valence-electron chi connectivity index (χ4n) is 2.20. The van der Waals surface area contributed by atoms with Crippen LogP contribution in [0.5, 0.6) is 17.2 Å². The van der Waals surface area contributed by atoms with Gasteiger partial charge in [-0.05, 0) is 24.3 Å². The van der Waals surface area contributed by atoms with Crippen molar-refractivity contribution in [1.82, 2.24) is 5.32 Å². The Morgan fingerprint density at radius 2 is 1.37 bits per heavy atom. The third kappa shape index (κ3) is 7.25. The Bertz CT molecular complexity index is 749. The van der Waals surface area contributed by atoms with Crippen molar-refractivity contribution in [3.8, 4) is 17.2 Å². The molecule has 0 aliphatic carbocycles. The number of carbonyl (C=O) groups is 2. The van der Waals surface area contributed by atoms with Gasteiger partial charge in [0.15, 0.2) is 0 Å². The Morgan fingerprint density at radius 1 is 0.815 bits per heavy atom. The van der Waals surface area contributed by atoms with Gasteiger partial charge in [-0.25, -0.2) is 9.59 Å². The second-order valence-corrected chi connectivity index (χ2v) is 5.20. The molecule has 0 heterocycles.